The van der Waals surface area contributed by atoms with Gasteiger partial charge in [-0.2, -0.15) is 0 Å². The average Bonchev–Trinajstić information content (AvgIpc) is 2.94. The molecule has 1 saturated heterocycles. The van der Waals surface area contributed by atoms with E-state index in [0.717, 1.165) is 0 Å². The van der Waals surface area contributed by atoms with Gasteiger partial charge in [0.1, 0.15) is 36.4 Å². The fraction of sp³-hybridized carbons (Fsp3) is 0.545. The lowest BCUT2D eigenvalue weighted by Gasteiger charge is -2.19. The van der Waals surface area contributed by atoms with Crippen molar-refractivity contribution in [3.05, 3.63) is 12.0 Å². The number of aliphatic imine (C=N–C) groups is 1. The molecular weight excluding hydrogens is 252 g/mol. The van der Waals surface area contributed by atoms with Crippen LogP contribution in [-0.4, -0.2) is 62.5 Å². The van der Waals surface area contributed by atoms with Crippen LogP contribution in [0.5, 0.6) is 0 Å². The van der Waals surface area contributed by atoms with Gasteiger partial charge in [-0.3, -0.25) is 4.99 Å². The molecule has 2 aliphatic heterocycles. The van der Waals surface area contributed by atoms with Gasteiger partial charge in [0.25, 0.3) is 0 Å². The number of nitrogens with two attached hydrogens (primary N) is 1. The molecule has 19 heavy (non-hydrogen) atoms. The number of fused-ring (bicyclic) bond motifs is 1. The van der Waals surface area contributed by atoms with Crippen LogP contribution in [0, 0.1) is 0 Å². The second kappa shape index (κ2) is 4.49. The van der Waals surface area contributed by atoms with Gasteiger partial charge in [-0.25, -0.2) is 9.97 Å². The number of hydrogen-bond donors (Lipinski definition) is 4. The van der Waals surface area contributed by atoms with E-state index in [0.29, 0.717) is 11.4 Å². The second-order valence-electron chi connectivity index (χ2n) is 4.60. The molecule has 2 aliphatic rings. The minimum atomic E-state index is -1.13. The van der Waals surface area contributed by atoms with E-state index in [1.54, 1.807) is 6.21 Å². The monoisotopic (exact) mass is 266 g/mol. The Morgan fingerprint density at radius 2 is 2.05 bits per heavy atom. The summed E-state index contributed by atoms with van der Waals surface area (Å²) in [7, 11) is 0. The molecule has 1 aromatic rings. The lowest BCUT2D eigenvalue weighted by atomic mass is 9.95. The summed E-state index contributed by atoms with van der Waals surface area (Å²) in [5.74, 6) is -0.156. The maximum Gasteiger partial charge on any atom is 0.153 e. The molecule has 8 nitrogen and oxygen atoms in total. The Bertz CT molecular complexity index is 523. The van der Waals surface area contributed by atoms with E-state index in [2.05, 4.69) is 15.0 Å². The van der Waals surface area contributed by atoms with Crippen LogP contribution in [0.2, 0.25) is 0 Å². The molecule has 0 bridgehead atoms. The van der Waals surface area contributed by atoms with Gasteiger partial charge in [-0.05, 0) is 0 Å². The zero-order valence-electron chi connectivity index (χ0n) is 9.92. The van der Waals surface area contributed by atoms with Crippen molar-refractivity contribution >= 4 is 17.7 Å². The van der Waals surface area contributed by atoms with Crippen LogP contribution < -0.4 is 5.73 Å². The highest BCUT2D eigenvalue weighted by Crippen LogP contribution is 2.40. The molecule has 0 aliphatic carbocycles. The number of aliphatic hydroxyl groups is 3. The summed E-state index contributed by atoms with van der Waals surface area (Å²) < 4.78 is 5.47. The number of aliphatic hydroxyl groups excluding tert-OH is 3. The standard InChI is InChI=1S/C11H14N4O4/c12-11-7-6(14-3-15-11)4(1-13-7)10-9(18)8(17)5(2-16)19-10/h1,3-5,8-10,16-18H,2H2,(H2,12,14,15)/t4?,5-,8-,9-,10+/m1/s1. The van der Waals surface area contributed by atoms with E-state index in [1.807, 2.05) is 0 Å². The Labute approximate surface area is 108 Å². The van der Waals surface area contributed by atoms with Crippen LogP contribution in [0.1, 0.15) is 11.6 Å². The maximum absolute atomic E-state index is 9.99. The Morgan fingerprint density at radius 3 is 2.74 bits per heavy atom. The number of ether oxygens (including phenoxy) is 1. The Balaban J connectivity index is 1.91. The van der Waals surface area contributed by atoms with Gasteiger partial charge >= 0.3 is 0 Å². The zero-order chi connectivity index (χ0) is 13.6. The van der Waals surface area contributed by atoms with Gasteiger partial charge in [-0.1, -0.05) is 0 Å². The molecule has 8 heteroatoms. The lowest BCUT2D eigenvalue weighted by molar-refractivity contribution is -0.0237. The molecule has 5 N–H and O–H groups in total. The molecule has 3 rings (SSSR count). The first-order valence-electron chi connectivity index (χ1n) is 5.90. The molecule has 0 amide bonds. The first kappa shape index (κ1) is 12.4. The number of nitrogen functional groups attached to an aromatic ring is 1. The second-order valence-corrected chi connectivity index (χ2v) is 4.60. The normalized spacial score (nSPS) is 36.7. The van der Waals surface area contributed by atoms with E-state index < -0.39 is 30.3 Å². The molecular formula is C11H14N4O4. The smallest absolute Gasteiger partial charge is 0.153 e. The average molecular weight is 266 g/mol. The fourth-order valence-electron chi connectivity index (χ4n) is 2.47. The van der Waals surface area contributed by atoms with E-state index in [9.17, 15) is 10.2 Å². The molecule has 0 spiro atoms. The highest BCUT2D eigenvalue weighted by atomic mass is 16.6. The van der Waals surface area contributed by atoms with Crippen LogP contribution in [-0.2, 0) is 4.74 Å². The quantitative estimate of drug-likeness (QED) is 0.503. The van der Waals surface area contributed by atoms with Crippen molar-refractivity contribution in [2.45, 2.75) is 30.3 Å². The minimum absolute atomic E-state index is 0.260. The van der Waals surface area contributed by atoms with Crippen molar-refractivity contribution in [2.75, 3.05) is 12.3 Å². The SMILES string of the molecule is Nc1ncnc2c1N=CC2[C@@H]1O[C@H](CO)[C@@H](O)[C@H]1O. The van der Waals surface area contributed by atoms with Gasteiger partial charge < -0.3 is 25.8 Å². The summed E-state index contributed by atoms with van der Waals surface area (Å²) in [5.41, 5.74) is 6.71. The van der Waals surface area contributed by atoms with Crippen LogP contribution in [0.15, 0.2) is 11.3 Å². The Kier molecular flexibility index (Phi) is 2.94. The van der Waals surface area contributed by atoms with Crippen molar-refractivity contribution in [1.29, 1.82) is 0 Å². The van der Waals surface area contributed by atoms with Crippen molar-refractivity contribution < 1.29 is 20.1 Å². The van der Waals surface area contributed by atoms with E-state index in [4.69, 9.17) is 15.6 Å². The van der Waals surface area contributed by atoms with E-state index in [-0.39, 0.29) is 12.4 Å². The Morgan fingerprint density at radius 1 is 1.26 bits per heavy atom. The molecule has 3 heterocycles. The lowest BCUT2D eigenvalue weighted by Crippen LogP contribution is -2.36. The third kappa shape index (κ3) is 1.80. The highest BCUT2D eigenvalue weighted by Gasteiger charge is 2.47. The minimum Gasteiger partial charge on any atom is -0.394 e. The first-order valence-corrected chi connectivity index (χ1v) is 5.90. The van der Waals surface area contributed by atoms with E-state index in [1.165, 1.54) is 6.33 Å². The van der Waals surface area contributed by atoms with Crippen LogP contribution >= 0.6 is 0 Å². The van der Waals surface area contributed by atoms with Crippen molar-refractivity contribution in [2.24, 2.45) is 4.99 Å². The predicted molar refractivity (Wildman–Crippen MR) is 65.1 cm³/mol. The summed E-state index contributed by atoms with van der Waals surface area (Å²) in [6.07, 6.45) is -0.891. The fourth-order valence-corrected chi connectivity index (χ4v) is 2.47. The molecule has 0 aromatic carbocycles. The molecule has 1 aromatic heterocycles. The summed E-state index contributed by atoms with van der Waals surface area (Å²) in [4.78, 5) is 12.1. The van der Waals surface area contributed by atoms with Crippen molar-refractivity contribution in [3.8, 4) is 0 Å². The Hall–Kier alpha value is -1.61. The molecule has 0 saturated carbocycles. The molecule has 102 valence electrons. The highest BCUT2D eigenvalue weighted by molar-refractivity contribution is 5.84. The summed E-state index contributed by atoms with van der Waals surface area (Å²) in [6, 6.07) is 0. The molecule has 1 fully saturated rings. The zero-order valence-corrected chi connectivity index (χ0v) is 9.92. The third-order valence-electron chi connectivity index (χ3n) is 3.49. The van der Waals surface area contributed by atoms with Gasteiger partial charge in [-0.15, -0.1) is 0 Å². The topological polar surface area (TPSA) is 134 Å². The van der Waals surface area contributed by atoms with Gasteiger partial charge in [0.05, 0.1) is 18.2 Å². The summed E-state index contributed by atoms with van der Waals surface area (Å²) in [6.45, 7) is -0.364. The molecule has 5 atom stereocenters. The van der Waals surface area contributed by atoms with E-state index >= 15 is 0 Å². The summed E-state index contributed by atoms with van der Waals surface area (Å²) >= 11 is 0. The van der Waals surface area contributed by atoms with Gasteiger partial charge in [0.2, 0.25) is 0 Å². The van der Waals surface area contributed by atoms with Crippen molar-refractivity contribution in [3.63, 3.8) is 0 Å². The maximum atomic E-state index is 9.99. The number of nitrogens with zero attached hydrogens (tertiary/aromatic N) is 3. The molecule has 0 radical (unpaired) electrons. The van der Waals surface area contributed by atoms with Gasteiger partial charge in [0.15, 0.2) is 5.82 Å². The van der Waals surface area contributed by atoms with Gasteiger partial charge in [0, 0.05) is 6.21 Å². The first-order chi connectivity index (χ1) is 9.13. The number of anilines is 1. The number of aromatic nitrogens is 2. The van der Waals surface area contributed by atoms with Crippen LogP contribution in [0.25, 0.3) is 0 Å². The number of rotatable bonds is 2. The summed E-state index contributed by atoms with van der Waals surface area (Å²) in [5, 5.41) is 28.8. The predicted octanol–water partition coefficient (Wildman–Crippen LogP) is -1.66. The van der Waals surface area contributed by atoms with Crippen LogP contribution in [0.3, 0.4) is 0 Å². The number of hydrogen-bond acceptors (Lipinski definition) is 8. The van der Waals surface area contributed by atoms with Crippen molar-refractivity contribution in [1.82, 2.24) is 9.97 Å². The van der Waals surface area contributed by atoms with Crippen LogP contribution in [0.4, 0.5) is 11.5 Å². The third-order valence-corrected chi connectivity index (χ3v) is 3.49. The molecule has 1 unspecified atom stereocenters. The largest absolute Gasteiger partial charge is 0.394 e.